The largest absolute Gasteiger partial charge is 0.504 e. The Labute approximate surface area is 155 Å². The zero-order valence-electron chi connectivity index (χ0n) is 15.3. The molecular formula is C21H20N2O4. The highest BCUT2D eigenvalue weighted by Crippen LogP contribution is 2.42. The molecule has 0 aliphatic carbocycles. The Balaban J connectivity index is 1.95. The molecule has 0 radical (unpaired) electrons. The predicted molar refractivity (Wildman–Crippen MR) is 104 cm³/mol. The number of phenolic OH excluding ortho intramolecular Hbond substituents is 1. The maximum atomic E-state index is 12.8. The summed E-state index contributed by atoms with van der Waals surface area (Å²) in [6.07, 6.45) is 0.153. The van der Waals surface area contributed by atoms with Crippen LogP contribution in [0.1, 0.15) is 34.6 Å². The summed E-state index contributed by atoms with van der Waals surface area (Å²) in [4.78, 5) is 28.0. The smallest absolute Gasteiger partial charge is 0.252 e. The molecule has 0 bridgehead atoms. The van der Waals surface area contributed by atoms with Crippen LogP contribution in [0.5, 0.6) is 11.5 Å². The normalized spacial score (nSPS) is 16.1. The lowest BCUT2D eigenvalue weighted by Crippen LogP contribution is -2.27. The highest BCUT2D eigenvalue weighted by molar-refractivity contribution is 5.96. The number of aromatic hydroxyl groups is 1. The lowest BCUT2D eigenvalue weighted by molar-refractivity contribution is -0.116. The van der Waals surface area contributed by atoms with Crippen molar-refractivity contribution in [3.63, 3.8) is 0 Å². The first-order valence-electron chi connectivity index (χ1n) is 8.72. The van der Waals surface area contributed by atoms with Gasteiger partial charge in [0.25, 0.3) is 5.56 Å². The van der Waals surface area contributed by atoms with E-state index in [9.17, 15) is 14.7 Å². The van der Waals surface area contributed by atoms with Crippen molar-refractivity contribution < 1.29 is 14.6 Å². The molecule has 4 rings (SSSR count). The number of hydrogen-bond donors (Lipinski definition) is 3. The summed E-state index contributed by atoms with van der Waals surface area (Å²) in [6.45, 7) is 3.97. The Morgan fingerprint density at radius 1 is 1.07 bits per heavy atom. The third-order valence-corrected chi connectivity index (χ3v) is 5.09. The van der Waals surface area contributed by atoms with E-state index >= 15 is 0 Å². The summed E-state index contributed by atoms with van der Waals surface area (Å²) in [6, 6.07) is 9.04. The molecule has 0 saturated carbocycles. The number of anilines is 1. The summed E-state index contributed by atoms with van der Waals surface area (Å²) in [7, 11) is 1.46. The van der Waals surface area contributed by atoms with Gasteiger partial charge in [-0.05, 0) is 48.6 Å². The van der Waals surface area contributed by atoms with Gasteiger partial charge in [0.15, 0.2) is 11.5 Å². The van der Waals surface area contributed by atoms with Crippen LogP contribution in [0, 0.1) is 13.8 Å². The number of benzene rings is 2. The van der Waals surface area contributed by atoms with Crippen molar-refractivity contribution >= 4 is 22.5 Å². The van der Waals surface area contributed by atoms with Crippen molar-refractivity contribution in [3.05, 3.63) is 62.9 Å². The highest BCUT2D eigenvalue weighted by atomic mass is 16.5. The van der Waals surface area contributed by atoms with E-state index in [2.05, 4.69) is 10.3 Å². The fraction of sp³-hybridized carbons (Fsp3) is 0.238. The monoisotopic (exact) mass is 364 g/mol. The Morgan fingerprint density at radius 3 is 2.59 bits per heavy atom. The van der Waals surface area contributed by atoms with Gasteiger partial charge in [0.1, 0.15) is 0 Å². The number of aromatic amines is 1. The topological polar surface area (TPSA) is 91.4 Å². The molecule has 0 spiro atoms. The van der Waals surface area contributed by atoms with E-state index in [0.717, 1.165) is 27.6 Å². The lowest BCUT2D eigenvalue weighted by Gasteiger charge is -2.26. The van der Waals surface area contributed by atoms with Crippen molar-refractivity contribution in [2.45, 2.75) is 26.2 Å². The van der Waals surface area contributed by atoms with Gasteiger partial charge in [0, 0.05) is 29.7 Å². The van der Waals surface area contributed by atoms with Crippen molar-refractivity contribution in [1.29, 1.82) is 0 Å². The van der Waals surface area contributed by atoms with E-state index in [-0.39, 0.29) is 23.6 Å². The van der Waals surface area contributed by atoms with Crippen molar-refractivity contribution in [1.82, 2.24) is 4.98 Å². The van der Waals surface area contributed by atoms with Crippen LogP contribution in [0.25, 0.3) is 10.9 Å². The molecule has 1 amide bonds. The molecule has 138 valence electrons. The second kappa shape index (κ2) is 6.16. The second-order valence-electron chi connectivity index (χ2n) is 7.02. The third kappa shape index (κ3) is 2.83. The molecular weight excluding hydrogens is 344 g/mol. The number of carbonyl (C=O) groups excluding carboxylic acids is 1. The minimum absolute atomic E-state index is 0.0594. The summed E-state index contributed by atoms with van der Waals surface area (Å²) in [5.41, 5.74) is 4.46. The molecule has 0 saturated heterocycles. The molecule has 1 aliphatic heterocycles. The number of hydrogen-bond acceptors (Lipinski definition) is 4. The number of carbonyl (C=O) groups is 1. The Kier molecular flexibility index (Phi) is 3.91. The number of phenols is 1. The average Bonchev–Trinajstić information content (AvgIpc) is 2.60. The molecule has 27 heavy (non-hydrogen) atoms. The summed E-state index contributed by atoms with van der Waals surface area (Å²) >= 11 is 0. The maximum Gasteiger partial charge on any atom is 0.252 e. The van der Waals surface area contributed by atoms with Crippen LogP contribution in [0.4, 0.5) is 5.69 Å². The molecule has 1 atom stereocenters. The number of pyridine rings is 1. The third-order valence-electron chi connectivity index (χ3n) is 5.09. The first-order chi connectivity index (χ1) is 12.9. The van der Waals surface area contributed by atoms with Gasteiger partial charge in [0.2, 0.25) is 5.91 Å². The maximum absolute atomic E-state index is 12.8. The van der Waals surface area contributed by atoms with Gasteiger partial charge in [0.05, 0.1) is 12.6 Å². The molecule has 6 nitrogen and oxygen atoms in total. The van der Waals surface area contributed by atoms with Crippen LogP contribution in [0.3, 0.4) is 0 Å². The first kappa shape index (κ1) is 17.1. The SMILES string of the molecule is COc1cc2c(cc1O)NC(=O)CC2c1cc2cc(C)cc(C)c2[nH]c1=O. The molecule has 6 heteroatoms. The van der Waals surface area contributed by atoms with Crippen LogP contribution in [-0.4, -0.2) is 23.1 Å². The van der Waals surface area contributed by atoms with Gasteiger partial charge in [-0.1, -0.05) is 11.6 Å². The molecule has 1 unspecified atom stereocenters. The molecule has 0 fully saturated rings. The van der Waals surface area contributed by atoms with E-state index < -0.39 is 5.92 Å². The fourth-order valence-corrected chi connectivity index (χ4v) is 3.88. The number of methoxy groups -OCH3 is 1. The molecule has 3 N–H and O–H groups in total. The van der Waals surface area contributed by atoms with Gasteiger partial charge in [-0.2, -0.15) is 0 Å². The number of amides is 1. The minimum atomic E-state index is -0.419. The van der Waals surface area contributed by atoms with Gasteiger partial charge in [-0.15, -0.1) is 0 Å². The van der Waals surface area contributed by atoms with E-state index in [1.54, 1.807) is 6.07 Å². The summed E-state index contributed by atoms with van der Waals surface area (Å²) < 4.78 is 5.21. The Hall–Kier alpha value is -3.28. The van der Waals surface area contributed by atoms with Gasteiger partial charge < -0.3 is 20.1 Å². The Bertz CT molecular complexity index is 1150. The standard InChI is InChI=1S/C21H20N2O4/c1-10-4-11(2)20-12(5-10)6-15(21(26)23-20)13-8-19(25)22-16-9-17(24)18(27-3)7-14(13)16/h4-7,9,13,24H,8H2,1-3H3,(H,22,25)(H,23,26). The average molecular weight is 364 g/mol. The number of aromatic nitrogens is 1. The molecule has 2 aromatic carbocycles. The van der Waals surface area contributed by atoms with Gasteiger partial charge in [-0.3, -0.25) is 9.59 Å². The van der Waals surface area contributed by atoms with Crippen molar-refractivity contribution in [2.24, 2.45) is 0 Å². The van der Waals surface area contributed by atoms with Crippen LogP contribution >= 0.6 is 0 Å². The number of fused-ring (bicyclic) bond motifs is 2. The summed E-state index contributed by atoms with van der Waals surface area (Å²) in [5, 5.41) is 13.7. The van der Waals surface area contributed by atoms with Crippen LogP contribution in [0.15, 0.2) is 35.1 Å². The van der Waals surface area contributed by atoms with E-state index in [0.29, 0.717) is 17.0 Å². The second-order valence-corrected chi connectivity index (χ2v) is 7.02. The van der Waals surface area contributed by atoms with Crippen LogP contribution in [0.2, 0.25) is 0 Å². The molecule has 3 aromatic rings. The molecule has 1 aliphatic rings. The number of H-pyrrole nitrogens is 1. The minimum Gasteiger partial charge on any atom is -0.504 e. The fourth-order valence-electron chi connectivity index (χ4n) is 3.88. The number of aryl methyl sites for hydroxylation is 2. The first-order valence-corrected chi connectivity index (χ1v) is 8.72. The van der Waals surface area contributed by atoms with E-state index in [4.69, 9.17) is 4.74 Å². The number of ether oxygens (including phenoxy) is 1. The van der Waals surface area contributed by atoms with E-state index in [1.807, 2.05) is 32.0 Å². The quantitative estimate of drug-likeness (QED) is 0.650. The molecule has 2 heterocycles. The van der Waals surface area contributed by atoms with Gasteiger partial charge in [-0.25, -0.2) is 0 Å². The van der Waals surface area contributed by atoms with Crippen molar-refractivity contribution in [3.8, 4) is 11.5 Å². The zero-order chi connectivity index (χ0) is 19.3. The highest BCUT2D eigenvalue weighted by Gasteiger charge is 2.30. The Morgan fingerprint density at radius 2 is 1.85 bits per heavy atom. The molecule has 1 aromatic heterocycles. The predicted octanol–water partition coefficient (Wildman–Crippen LogP) is 3.33. The van der Waals surface area contributed by atoms with Crippen LogP contribution < -0.4 is 15.6 Å². The lowest BCUT2D eigenvalue weighted by atomic mass is 9.84. The van der Waals surface area contributed by atoms with Crippen molar-refractivity contribution in [2.75, 3.05) is 12.4 Å². The van der Waals surface area contributed by atoms with E-state index in [1.165, 1.54) is 13.2 Å². The van der Waals surface area contributed by atoms with Gasteiger partial charge >= 0.3 is 0 Å². The number of rotatable bonds is 2. The summed E-state index contributed by atoms with van der Waals surface area (Å²) in [5.74, 6) is -0.371. The zero-order valence-corrected chi connectivity index (χ0v) is 15.3. The van der Waals surface area contributed by atoms with Crippen LogP contribution in [-0.2, 0) is 4.79 Å². The number of nitrogens with one attached hydrogen (secondary N) is 2.